The van der Waals surface area contributed by atoms with Crippen molar-refractivity contribution in [3.8, 4) is 0 Å². The Bertz CT molecular complexity index is 846. The van der Waals surface area contributed by atoms with Gasteiger partial charge >= 0.3 is 0 Å². The van der Waals surface area contributed by atoms with Gasteiger partial charge in [0.1, 0.15) is 0 Å². The van der Waals surface area contributed by atoms with Crippen LogP contribution in [0.5, 0.6) is 0 Å². The van der Waals surface area contributed by atoms with E-state index in [1.807, 2.05) is 24.3 Å². The smallest absolute Gasteiger partial charge is 0.255 e. The Morgan fingerprint density at radius 1 is 0.926 bits per heavy atom. The number of hydrogen-bond acceptors (Lipinski definition) is 3. The van der Waals surface area contributed by atoms with E-state index in [1.54, 1.807) is 24.3 Å². The summed E-state index contributed by atoms with van der Waals surface area (Å²) in [5.41, 5.74) is 3.36. The van der Waals surface area contributed by atoms with Crippen molar-refractivity contribution in [3.05, 3.63) is 65.2 Å². The summed E-state index contributed by atoms with van der Waals surface area (Å²) in [7, 11) is 0. The first-order valence-corrected chi connectivity index (χ1v) is 9.08. The Morgan fingerprint density at radius 3 is 2.00 bits per heavy atom. The molecule has 140 valence electrons. The highest BCUT2D eigenvalue weighted by molar-refractivity contribution is 6.04. The normalized spacial score (nSPS) is 14.6. The highest BCUT2D eigenvalue weighted by Crippen LogP contribution is 2.23. The number of nitrogens with one attached hydrogen (secondary N) is 1. The maximum Gasteiger partial charge on any atom is 0.255 e. The van der Waals surface area contributed by atoms with E-state index in [4.69, 9.17) is 0 Å². The zero-order chi connectivity index (χ0) is 19.6. The van der Waals surface area contributed by atoms with Gasteiger partial charge in [-0.1, -0.05) is 45.0 Å². The molecule has 27 heavy (non-hydrogen) atoms. The highest BCUT2D eigenvalue weighted by Gasteiger charge is 2.28. The molecule has 0 aliphatic carbocycles. The summed E-state index contributed by atoms with van der Waals surface area (Å²) in [6.45, 7) is 6.69. The molecule has 1 aliphatic heterocycles. The lowest BCUT2D eigenvalue weighted by molar-refractivity contribution is -0.139. The fourth-order valence-electron chi connectivity index (χ4n) is 3.00. The first-order valence-electron chi connectivity index (χ1n) is 9.08. The molecule has 5 nitrogen and oxygen atoms in total. The van der Waals surface area contributed by atoms with Gasteiger partial charge in [-0.15, -0.1) is 0 Å². The number of carbonyl (C=O) groups is 3. The monoisotopic (exact) mass is 364 g/mol. The first-order chi connectivity index (χ1) is 12.7. The lowest BCUT2D eigenvalue weighted by Crippen LogP contribution is -2.28. The standard InChI is InChI=1S/C22H24N2O3/c1-22(2,3)17-8-10-18(11-9-17)23-21(27)16-6-4-15(5-7-16)14-24-19(25)12-13-20(24)26/h4-11H,12-14H2,1-3H3,(H,23,27). The summed E-state index contributed by atoms with van der Waals surface area (Å²) < 4.78 is 0. The van der Waals surface area contributed by atoms with Crippen LogP contribution in [0.15, 0.2) is 48.5 Å². The summed E-state index contributed by atoms with van der Waals surface area (Å²) in [6.07, 6.45) is 0.570. The quantitative estimate of drug-likeness (QED) is 0.837. The molecule has 1 saturated heterocycles. The summed E-state index contributed by atoms with van der Waals surface area (Å²) in [5, 5.41) is 2.89. The fraction of sp³-hybridized carbons (Fsp3) is 0.318. The molecule has 0 atom stereocenters. The van der Waals surface area contributed by atoms with E-state index >= 15 is 0 Å². The molecule has 2 aromatic rings. The van der Waals surface area contributed by atoms with Gasteiger partial charge in [0, 0.05) is 24.1 Å². The molecular weight excluding hydrogens is 340 g/mol. The van der Waals surface area contributed by atoms with Crippen molar-refractivity contribution in [2.24, 2.45) is 0 Å². The average molecular weight is 364 g/mol. The van der Waals surface area contributed by atoms with E-state index in [-0.39, 0.29) is 42.5 Å². The summed E-state index contributed by atoms with van der Waals surface area (Å²) in [6, 6.07) is 14.8. The van der Waals surface area contributed by atoms with Gasteiger partial charge in [-0.25, -0.2) is 0 Å². The highest BCUT2D eigenvalue weighted by atomic mass is 16.2. The molecule has 1 N–H and O–H groups in total. The van der Waals surface area contributed by atoms with Crippen LogP contribution >= 0.6 is 0 Å². The predicted molar refractivity (Wildman–Crippen MR) is 104 cm³/mol. The lowest BCUT2D eigenvalue weighted by Gasteiger charge is -2.19. The van der Waals surface area contributed by atoms with Crippen LogP contribution < -0.4 is 5.32 Å². The number of amides is 3. The molecule has 5 heteroatoms. The molecular formula is C22H24N2O3. The second kappa shape index (κ2) is 7.35. The van der Waals surface area contributed by atoms with Crippen molar-refractivity contribution >= 4 is 23.4 Å². The van der Waals surface area contributed by atoms with Crippen molar-refractivity contribution in [1.29, 1.82) is 0 Å². The van der Waals surface area contributed by atoms with E-state index in [0.29, 0.717) is 5.56 Å². The fourth-order valence-corrected chi connectivity index (χ4v) is 3.00. The van der Waals surface area contributed by atoms with Gasteiger partial charge in [0.25, 0.3) is 5.91 Å². The zero-order valence-electron chi connectivity index (χ0n) is 15.9. The molecule has 2 aromatic carbocycles. The first kappa shape index (κ1) is 18.8. The second-order valence-corrected chi connectivity index (χ2v) is 7.85. The van der Waals surface area contributed by atoms with Crippen LogP contribution in [-0.2, 0) is 21.5 Å². The number of likely N-dealkylation sites (tertiary alicyclic amines) is 1. The van der Waals surface area contributed by atoms with Gasteiger partial charge in [0.2, 0.25) is 11.8 Å². The molecule has 0 radical (unpaired) electrons. The SMILES string of the molecule is CC(C)(C)c1ccc(NC(=O)c2ccc(CN3C(=O)CCC3=O)cc2)cc1. The van der Waals surface area contributed by atoms with Crippen LogP contribution in [0.2, 0.25) is 0 Å². The number of hydrogen-bond donors (Lipinski definition) is 1. The van der Waals surface area contributed by atoms with Crippen molar-refractivity contribution in [1.82, 2.24) is 4.90 Å². The maximum atomic E-state index is 12.4. The van der Waals surface area contributed by atoms with Gasteiger partial charge < -0.3 is 5.32 Å². The van der Waals surface area contributed by atoms with Gasteiger partial charge in [0.05, 0.1) is 6.54 Å². The molecule has 0 spiro atoms. The Kier molecular flexibility index (Phi) is 5.13. The molecule has 3 amide bonds. The summed E-state index contributed by atoms with van der Waals surface area (Å²) in [5.74, 6) is -0.473. The minimum Gasteiger partial charge on any atom is -0.322 e. The second-order valence-electron chi connectivity index (χ2n) is 7.85. The summed E-state index contributed by atoms with van der Waals surface area (Å²) in [4.78, 5) is 37.1. The van der Waals surface area contributed by atoms with Gasteiger partial charge in [-0.3, -0.25) is 19.3 Å². The predicted octanol–water partition coefficient (Wildman–Crippen LogP) is 3.89. The Hall–Kier alpha value is -2.95. The Morgan fingerprint density at radius 2 is 1.48 bits per heavy atom. The topological polar surface area (TPSA) is 66.5 Å². The number of nitrogens with zero attached hydrogens (tertiary/aromatic N) is 1. The average Bonchev–Trinajstić information content (AvgIpc) is 2.94. The Labute approximate surface area is 159 Å². The number of rotatable bonds is 4. The Balaban J connectivity index is 1.64. The third-order valence-electron chi connectivity index (χ3n) is 4.72. The maximum absolute atomic E-state index is 12.4. The van der Waals surface area contributed by atoms with Crippen LogP contribution in [0, 0.1) is 0 Å². The van der Waals surface area contributed by atoms with E-state index in [0.717, 1.165) is 11.3 Å². The molecule has 1 heterocycles. The molecule has 0 saturated carbocycles. The van der Waals surface area contributed by atoms with Crippen LogP contribution in [0.4, 0.5) is 5.69 Å². The lowest BCUT2D eigenvalue weighted by atomic mass is 9.87. The van der Waals surface area contributed by atoms with Crippen LogP contribution in [0.1, 0.15) is 55.1 Å². The minimum atomic E-state index is -0.196. The number of benzene rings is 2. The van der Waals surface area contributed by atoms with Crippen molar-refractivity contribution in [3.63, 3.8) is 0 Å². The minimum absolute atomic E-state index is 0.0659. The van der Waals surface area contributed by atoms with Crippen LogP contribution in [0.3, 0.4) is 0 Å². The molecule has 0 bridgehead atoms. The van der Waals surface area contributed by atoms with E-state index < -0.39 is 0 Å². The number of imide groups is 1. The largest absolute Gasteiger partial charge is 0.322 e. The van der Waals surface area contributed by atoms with E-state index in [9.17, 15) is 14.4 Å². The van der Waals surface area contributed by atoms with Crippen molar-refractivity contribution in [2.45, 2.75) is 45.6 Å². The number of carbonyl (C=O) groups excluding carboxylic acids is 3. The molecule has 0 unspecified atom stereocenters. The number of anilines is 1. The molecule has 3 rings (SSSR count). The molecule has 1 fully saturated rings. The third-order valence-corrected chi connectivity index (χ3v) is 4.72. The van der Waals surface area contributed by atoms with Crippen LogP contribution in [0.25, 0.3) is 0 Å². The van der Waals surface area contributed by atoms with Gasteiger partial charge in [-0.05, 0) is 40.8 Å². The van der Waals surface area contributed by atoms with Gasteiger partial charge in [-0.2, -0.15) is 0 Å². The zero-order valence-corrected chi connectivity index (χ0v) is 15.9. The van der Waals surface area contributed by atoms with Crippen molar-refractivity contribution < 1.29 is 14.4 Å². The molecule has 1 aliphatic rings. The van der Waals surface area contributed by atoms with Crippen LogP contribution in [-0.4, -0.2) is 22.6 Å². The van der Waals surface area contributed by atoms with Gasteiger partial charge in [0.15, 0.2) is 0 Å². The third kappa shape index (κ3) is 4.42. The molecule has 0 aromatic heterocycles. The van der Waals surface area contributed by atoms with E-state index in [1.165, 1.54) is 10.5 Å². The summed E-state index contributed by atoms with van der Waals surface area (Å²) >= 11 is 0. The van der Waals surface area contributed by atoms with E-state index in [2.05, 4.69) is 26.1 Å². The van der Waals surface area contributed by atoms with Crippen molar-refractivity contribution in [2.75, 3.05) is 5.32 Å².